The van der Waals surface area contributed by atoms with Gasteiger partial charge in [-0.2, -0.15) is 0 Å². The highest BCUT2D eigenvalue weighted by molar-refractivity contribution is 7.99. The van der Waals surface area contributed by atoms with Gasteiger partial charge in [0.1, 0.15) is 18.7 Å². The van der Waals surface area contributed by atoms with Crippen LogP contribution in [0.4, 0.5) is 4.79 Å². The summed E-state index contributed by atoms with van der Waals surface area (Å²) in [5, 5.41) is 8.24. The Labute approximate surface area is 278 Å². The van der Waals surface area contributed by atoms with Crippen LogP contribution in [0.25, 0.3) is 0 Å². The number of benzene rings is 3. The molecule has 248 valence electrons. The maximum Gasteiger partial charge on any atom is 0.408 e. The van der Waals surface area contributed by atoms with Crippen molar-refractivity contribution < 1.29 is 33.4 Å². The summed E-state index contributed by atoms with van der Waals surface area (Å²) in [5.41, 5.74) is 6.88. The Morgan fingerprint density at radius 1 is 0.766 bits per heavy atom. The highest BCUT2D eigenvalue weighted by Crippen LogP contribution is 2.18. The van der Waals surface area contributed by atoms with E-state index in [2.05, 4.69) is 16.0 Å². The first-order valence-electron chi connectivity index (χ1n) is 15.2. The van der Waals surface area contributed by atoms with E-state index in [4.69, 9.17) is 15.2 Å². The van der Waals surface area contributed by atoms with Gasteiger partial charge in [0.05, 0.1) is 6.61 Å². The van der Waals surface area contributed by atoms with Crippen molar-refractivity contribution in [2.24, 2.45) is 5.73 Å². The van der Waals surface area contributed by atoms with E-state index in [0.717, 1.165) is 16.0 Å². The van der Waals surface area contributed by atoms with Crippen LogP contribution >= 0.6 is 11.8 Å². The number of nitrogens with one attached hydrogen (secondary N) is 3. The monoisotopic (exact) mass is 660 g/mol. The van der Waals surface area contributed by atoms with Crippen LogP contribution in [0.1, 0.15) is 30.9 Å². The fourth-order valence-electron chi connectivity index (χ4n) is 4.30. The SMILES string of the molecule is CCOC(=O)/C=C/[C@H](CCC(N)=O)NC(=O)[C@H](Cc1ccccc1)NC(=O)[C@H](CSc1ccccc1)NC(=O)OCc1ccccc1. The number of amides is 4. The standard InChI is InChI=1S/C35H40N4O7S/c1-2-45-32(41)21-19-27(18-20-31(36)40)37-33(42)29(22-25-12-6-3-7-13-25)38-34(43)30(24-47-28-16-10-5-11-17-28)39-35(44)46-23-26-14-8-4-9-15-26/h3-17,19,21,27,29-30H,2,18,20,22-24H2,1H3,(H2,36,40)(H,37,42)(H,38,43)(H,39,44)/b21-19+/t27-,29-,30-/m0/s1. The van der Waals surface area contributed by atoms with E-state index in [-0.39, 0.29) is 38.2 Å². The van der Waals surface area contributed by atoms with Crippen molar-refractivity contribution >= 4 is 41.5 Å². The van der Waals surface area contributed by atoms with Gasteiger partial charge in [0.15, 0.2) is 0 Å². The average molecular weight is 661 g/mol. The second-order valence-corrected chi connectivity index (χ2v) is 11.5. The zero-order valence-corrected chi connectivity index (χ0v) is 26.9. The number of primary amides is 1. The molecule has 0 aliphatic heterocycles. The third-order valence-electron chi connectivity index (χ3n) is 6.68. The van der Waals surface area contributed by atoms with Crippen LogP contribution in [-0.4, -0.2) is 60.3 Å². The molecule has 0 aliphatic rings. The molecule has 11 nitrogen and oxygen atoms in total. The number of thioether (sulfide) groups is 1. The summed E-state index contributed by atoms with van der Waals surface area (Å²) in [7, 11) is 0. The summed E-state index contributed by atoms with van der Waals surface area (Å²) in [6.07, 6.45) is 1.99. The first-order chi connectivity index (χ1) is 22.7. The van der Waals surface area contributed by atoms with Crippen LogP contribution < -0.4 is 21.7 Å². The minimum atomic E-state index is -1.08. The maximum absolute atomic E-state index is 13.8. The van der Waals surface area contributed by atoms with Crippen molar-refractivity contribution in [2.45, 2.75) is 55.8 Å². The molecule has 12 heteroatoms. The van der Waals surface area contributed by atoms with Crippen molar-refractivity contribution in [3.05, 3.63) is 114 Å². The molecule has 3 aromatic carbocycles. The van der Waals surface area contributed by atoms with Crippen LogP contribution in [-0.2, 0) is 41.7 Å². The van der Waals surface area contributed by atoms with Crippen molar-refractivity contribution in [1.29, 1.82) is 0 Å². The van der Waals surface area contributed by atoms with E-state index in [1.54, 1.807) is 6.92 Å². The second kappa shape index (κ2) is 20.1. The molecule has 47 heavy (non-hydrogen) atoms. The fraction of sp³-hybridized carbons (Fsp3) is 0.286. The topological polar surface area (TPSA) is 166 Å². The van der Waals surface area contributed by atoms with Gasteiger partial charge in [0, 0.05) is 35.6 Å². The lowest BCUT2D eigenvalue weighted by Crippen LogP contribution is -2.56. The number of esters is 1. The number of carbonyl (C=O) groups excluding carboxylic acids is 5. The Morgan fingerprint density at radius 3 is 1.98 bits per heavy atom. The number of hydrogen-bond acceptors (Lipinski definition) is 8. The van der Waals surface area contributed by atoms with E-state index >= 15 is 0 Å². The molecular formula is C35H40N4O7S. The predicted octanol–water partition coefficient (Wildman–Crippen LogP) is 3.67. The molecule has 0 fully saturated rings. The Morgan fingerprint density at radius 2 is 1.36 bits per heavy atom. The summed E-state index contributed by atoms with van der Waals surface area (Å²) in [5.74, 6) is -2.20. The number of rotatable bonds is 18. The summed E-state index contributed by atoms with van der Waals surface area (Å²) in [4.78, 5) is 64.6. The number of alkyl carbamates (subject to hydrolysis) is 1. The summed E-state index contributed by atoms with van der Waals surface area (Å²) < 4.78 is 10.3. The molecule has 3 atom stereocenters. The van der Waals surface area contributed by atoms with Crippen LogP contribution in [0.5, 0.6) is 0 Å². The molecule has 0 saturated heterocycles. The minimum absolute atomic E-state index is 0.0118. The lowest BCUT2D eigenvalue weighted by molar-refractivity contribution is -0.137. The van der Waals surface area contributed by atoms with Gasteiger partial charge in [-0.3, -0.25) is 14.4 Å². The van der Waals surface area contributed by atoms with Gasteiger partial charge in [0.2, 0.25) is 17.7 Å². The van der Waals surface area contributed by atoms with Crippen LogP contribution in [0.15, 0.2) is 108 Å². The molecule has 0 spiro atoms. The lowest BCUT2D eigenvalue weighted by Gasteiger charge is -2.25. The van der Waals surface area contributed by atoms with Crippen molar-refractivity contribution in [3.63, 3.8) is 0 Å². The average Bonchev–Trinajstić information content (AvgIpc) is 3.08. The van der Waals surface area contributed by atoms with E-state index in [0.29, 0.717) is 0 Å². The van der Waals surface area contributed by atoms with Gasteiger partial charge >= 0.3 is 12.1 Å². The summed E-state index contributed by atoms with van der Waals surface area (Å²) >= 11 is 1.36. The van der Waals surface area contributed by atoms with Gasteiger partial charge < -0.3 is 31.2 Å². The number of ether oxygens (including phenoxy) is 2. The fourth-order valence-corrected chi connectivity index (χ4v) is 5.24. The van der Waals surface area contributed by atoms with E-state index in [9.17, 15) is 24.0 Å². The van der Waals surface area contributed by atoms with E-state index in [1.807, 2.05) is 91.0 Å². The van der Waals surface area contributed by atoms with Crippen molar-refractivity contribution in [1.82, 2.24) is 16.0 Å². The number of nitrogens with two attached hydrogens (primary N) is 1. The summed E-state index contributed by atoms with van der Waals surface area (Å²) in [6, 6.07) is 24.7. The molecule has 0 saturated carbocycles. The van der Waals surface area contributed by atoms with E-state index in [1.165, 1.54) is 23.9 Å². The highest BCUT2D eigenvalue weighted by Gasteiger charge is 2.29. The van der Waals surface area contributed by atoms with Crippen LogP contribution in [0.3, 0.4) is 0 Å². The van der Waals surface area contributed by atoms with E-state index < -0.39 is 47.9 Å². The first-order valence-corrected chi connectivity index (χ1v) is 16.1. The molecule has 3 aromatic rings. The van der Waals surface area contributed by atoms with Crippen LogP contribution in [0.2, 0.25) is 0 Å². The normalized spacial score (nSPS) is 12.7. The van der Waals surface area contributed by atoms with Crippen molar-refractivity contribution in [2.75, 3.05) is 12.4 Å². The third-order valence-corrected chi connectivity index (χ3v) is 7.78. The quantitative estimate of drug-likeness (QED) is 0.0912. The molecule has 0 aromatic heterocycles. The Bertz CT molecular complexity index is 1470. The maximum atomic E-state index is 13.8. The molecule has 0 aliphatic carbocycles. The van der Waals surface area contributed by atoms with Gasteiger partial charge in [-0.25, -0.2) is 9.59 Å². The zero-order chi connectivity index (χ0) is 33.9. The molecule has 5 N–H and O–H groups in total. The van der Waals surface area contributed by atoms with Gasteiger partial charge in [0.25, 0.3) is 0 Å². The first kappa shape index (κ1) is 36.4. The molecule has 0 heterocycles. The molecular weight excluding hydrogens is 620 g/mol. The molecule has 0 radical (unpaired) electrons. The zero-order valence-electron chi connectivity index (χ0n) is 26.1. The third kappa shape index (κ3) is 14.3. The number of hydrogen-bond donors (Lipinski definition) is 4. The van der Waals surface area contributed by atoms with Gasteiger partial charge in [-0.15, -0.1) is 11.8 Å². The predicted molar refractivity (Wildman–Crippen MR) is 179 cm³/mol. The minimum Gasteiger partial charge on any atom is -0.463 e. The molecule has 0 unspecified atom stereocenters. The van der Waals surface area contributed by atoms with Gasteiger partial charge in [-0.05, 0) is 36.6 Å². The van der Waals surface area contributed by atoms with Crippen LogP contribution in [0, 0.1) is 0 Å². The number of carbonyl (C=O) groups is 5. The Kier molecular flexibility index (Phi) is 15.6. The van der Waals surface area contributed by atoms with Gasteiger partial charge in [-0.1, -0.05) is 84.9 Å². The van der Waals surface area contributed by atoms with Crippen molar-refractivity contribution in [3.8, 4) is 0 Å². The highest BCUT2D eigenvalue weighted by atomic mass is 32.2. The molecule has 4 amide bonds. The molecule has 3 rings (SSSR count). The largest absolute Gasteiger partial charge is 0.463 e. The second-order valence-electron chi connectivity index (χ2n) is 10.4. The lowest BCUT2D eigenvalue weighted by atomic mass is 10.0. The Hall–Kier alpha value is -5.10. The molecule has 0 bridgehead atoms. The summed E-state index contributed by atoms with van der Waals surface area (Å²) in [6.45, 7) is 1.85. The Balaban J connectivity index is 1.79. The smallest absolute Gasteiger partial charge is 0.408 e.